The fourth-order valence-corrected chi connectivity index (χ4v) is 2.65. The zero-order valence-electron chi connectivity index (χ0n) is 13.9. The van der Waals surface area contributed by atoms with Gasteiger partial charge in [-0.1, -0.05) is 36.4 Å². The molecule has 0 heterocycles. The summed E-state index contributed by atoms with van der Waals surface area (Å²) in [5.74, 6) is -0.683. The number of nitro groups is 1. The SMILES string of the molecule is NCCN(CCc1ccccc1)Cc1ccc(C(N)=O)cc1[N+](=O)[O-]. The summed E-state index contributed by atoms with van der Waals surface area (Å²) in [7, 11) is 0. The van der Waals surface area contributed by atoms with Gasteiger partial charge in [-0.2, -0.15) is 0 Å². The first-order chi connectivity index (χ1) is 12.0. The van der Waals surface area contributed by atoms with Crippen molar-refractivity contribution in [2.45, 2.75) is 13.0 Å². The quantitative estimate of drug-likeness (QED) is 0.531. The maximum atomic E-state index is 11.3. The predicted octanol–water partition coefficient (Wildman–Crippen LogP) is 1.70. The highest BCUT2D eigenvalue weighted by Crippen LogP contribution is 2.22. The lowest BCUT2D eigenvalue weighted by Crippen LogP contribution is -2.31. The molecule has 2 rings (SSSR count). The molecule has 0 saturated carbocycles. The topological polar surface area (TPSA) is 115 Å². The van der Waals surface area contributed by atoms with E-state index in [1.54, 1.807) is 6.07 Å². The van der Waals surface area contributed by atoms with Gasteiger partial charge in [0.05, 0.1) is 4.92 Å². The molecule has 4 N–H and O–H groups in total. The molecule has 7 nitrogen and oxygen atoms in total. The monoisotopic (exact) mass is 342 g/mol. The molecule has 7 heteroatoms. The average molecular weight is 342 g/mol. The highest BCUT2D eigenvalue weighted by Gasteiger charge is 2.18. The fraction of sp³-hybridized carbons (Fsp3) is 0.278. The van der Waals surface area contributed by atoms with Crippen LogP contribution in [0, 0.1) is 10.1 Å². The van der Waals surface area contributed by atoms with E-state index >= 15 is 0 Å². The average Bonchev–Trinajstić information content (AvgIpc) is 2.60. The Morgan fingerprint density at radius 3 is 2.44 bits per heavy atom. The zero-order valence-corrected chi connectivity index (χ0v) is 13.9. The predicted molar refractivity (Wildman–Crippen MR) is 96.1 cm³/mol. The number of carbonyl (C=O) groups is 1. The Morgan fingerprint density at radius 1 is 1.12 bits per heavy atom. The third-order valence-electron chi connectivity index (χ3n) is 3.97. The molecule has 132 valence electrons. The number of amides is 1. The maximum Gasteiger partial charge on any atom is 0.274 e. The number of carbonyl (C=O) groups excluding carboxylic acids is 1. The smallest absolute Gasteiger partial charge is 0.274 e. The number of hydrogen-bond acceptors (Lipinski definition) is 5. The Hall–Kier alpha value is -2.77. The van der Waals surface area contributed by atoms with E-state index in [0.717, 1.165) is 13.0 Å². The van der Waals surface area contributed by atoms with E-state index in [9.17, 15) is 14.9 Å². The van der Waals surface area contributed by atoms with Crippen LogP contribution in [0.25, 0.3) is 0 Å². The van der Waals surface area contributed by atoms with Crippen LogP contribution < -0.4 is 11.5 Å². The summed E-state index contributed by atoms with van der Waals surface area (Å²) in [6.07, 6.45) is 0.827. The Morgan fingerprint density at radius 2 is 1.84 bits per heavy atom. The van der Waals surface area contributed by atoms with Crippen LogP contribution in [0.2, 0.25) is 0 Å². The van der Waals surface area contributed by atoms with E-state index in [-0.39, 0.29) is 11.3 Å². The second kappa shape index (κ2) is 8.91. The van der Waals surface area contributed by atoms with Crippen molar-refractivity contribution in [2.75, 3.05) is 19.6 Å². The molecule has 0 atom stereocenters. The van der Waals surface area contributed by atoms with Crippen molar-refractivity contribution in [1.82, 2.24) is 4.90 Å². The van der Waals surface area contributed by atoms with Crippen molar-refractivity contribution in [1.29, 1.82) is 0 Å². The number of benzene rings is 2. The van der Waals surface area contributed by atoms with Gasteiger partial charge in [0.15, 0.2) is 0 Å². The fourth-order valence-electron chi connectivity index (χ4n) is 2.65. The van der Waals surface area contributed by atoms with Crippen LogP contribution >= 0.6 is 0 Å². The Labute approximate surface area is 146 Å². The van der Waals surface area contributed by atoms with Gasteiger partial charge in [0.2, 0.25) is 5.91 Å². The number of hydrogen-bond donors (Lipinski definition) is 2. The van der Waals surface area contributed by atoms with E-state index in [1.165, 1.54) is 17.7 Å². The minimum atomic E-state index is -0.683. The molecule has 0 aliphatic rings. The van der Waals surface area contributed by atoms with Gasteiger partial charge in [-0.25, -0.2) is 0 Å². The van der Waals surface area contributed by atoms with Crippen molar-refractivity contribution < 1.29 is 9.72 Å². The summed E-state index contributed by atoms with van der Waals surface area (Å²) < 4.78 is 0. The van der Waals surface area contributed by atoms with Crippen LogP contribution in [0.4, 0.5) is 5.69 Å². The minimum Gasteiger partial charge on any atom is -0.366 e. The molecule has 1 amide bonds. The maximum absolute atomic E-state index is 11.3. The van der Waals surface area contributed by atoms with Crippen LogP contribution in [0.15, 0.2) is 48.5 Å². The largest absolute Gasteiger partial charge is 0.366 e. The number of nitro benzene ring substituents is 1. The van der Waals surface area contributed by atoms with Gasteiger partial charge in [0.1, 0.15) is 0 Å². The van der Waals surface area contributed by atoms with Crippen molar-refractivity contribution in [3.05, 3.63) is 75.3 Å². The molecule has 0 unspecified atom stereocenters. The zero-order chi connectivity index (χ0) is 18.2. The van der Waals surface area contributed by atoms with E-state index < -0.39 is 10.8 Å². The van der Waals surface area contributed by atoms with Gasteiger partial charge < -0.3 is 11.5 Å². The van der Waals surface area contributed by atoms with Crippen LogP contribution in [0.1, 0.15) is 21.5 Å². The molecule has 0 aliphatic heterocycles. The second-order valence-electron chi connectivity index (χ2n) is 5.77. The molecule has 0 radical (unpaired) electrons. The first kappa shape index (κ1) is 18.6. The summed E-state index contributed by atoms with van der Waals surface area (Å²) in [5, 5.41) is 11.3. The number of rotatable bonds is 9. The molecule has 25 heavy (non-hydrogen) atoms. The highest BCUT2D eigenvalue weighted by atomic mass is 16.6. The van der Waals surface area contributed by atoms with Crippen LogP contribution in [-0.4, -0.2) is 35.4 Å². The molecular weight excluding hydrogens is 320 g/mol. The summed E-state index contributed by atoms with van der Waals surface area (Å²) in [6.45, 7) is 2.21. The molecule has 0 fully saturated rings. The molecular formula is C18H22N4O3. The van der Waals surface area contributed by atoms with Gasteiger partial charge in [0.25, 0.3) is 5.69 Å². The Bertz CT molecular complexity index is 734. The lowest BCUT2D eigenvalue weighted by atomic mass is 10.1. The standard InChI is InChI=1S/C18H22N4O3/c19-9-11-21(10-8-14-4-2-1-3-5-14)13-16-7-6-15(18(20)23)12-17(16)22(24)25/h1-7,12H,8-11,13,19H2,(H2,20,23). The lowest BCUT2D eigenvalue weighted by molar-refractivity contribution is -0.385. The molecule has 0 spiro atoms. The molecule has 0 bridgehead atoms. The number of nitrogens with two attached hydrogens (primary N) is 2. The number of nitrogens with zero attached hydrogens (tertiary/aromatic N) is 2. The van der Waals surface area contributed by atoms with Crippen LogP contribution in [-0.2, 0) is 13.0 Å². The van der Waals surface area contributed by atoms with Gasteiger partial charge in [-0.05, 0) is 18.1 Å². The van der Waals surface area contributed by atoms with E-state index in [2.05, 4.69) is 4.90 Å². The summed E-state index contributed by atoms with van der Waals surface area (Å²) in [4.78, 5) is 24.2. The normalized spacial score (nSPS) is 10.8. The molecule has 2 aromatic carbocycles. The van der Waals surface area contributed by atoms with Crippen molar-refractivity contribution >= 4 is 11.6 Å². The molecule has 2 aromatic rings. The molecule has 0 aliphatic carbocycles. The third-order valence-corrected chi connectivity index (χ3v) is 3.97. The van der Waals surface area contributed by atoms with Gasteiger partial charge in [0, 0.05) is 43.4 Å². The second-order valence-corrected chi connectivity index (χ2v) is 5.77. The van der Waals surface area contributed by atoms with Crippen molar-refractivity contribution in [3.8, 4) is 0 Å². The molecule has 0 aromatic heterocycles. The Balaban J connectivity index is 2.15. The highest BCUT2D eigenvalue weighted by molar-refractivity contribution is 5.93. The third kappa shape index (κ3) is 5.37. The van der Waals surface area contributed by atoms with Gasteiger partial charge in [-0.15, -0.1) is 0 Å². The van der Waals surface area contributed by atoms with Crippen molar-refractivity contribution in [2.24, 2.45) is 11.5 Å². The summed E-state index contributed by atoms with van der Waals surface area (Å²) >= 11 is 0. The van der Waals surface area contributed by atoms with Crippen molar-refractivity contribution in [3.63, 3.8) is 0 Å². The minimum absolute atomic E-state index is 0.0990. The van der Waals surface area contributed by atoms with E-state index in [0.29, 0.717) is 25.2 Å². The first-order valence-electron chi connectivity index (χ1n) is 8.04. The summed E-state index contributed by atoms with van der Waals surface area (Å²) in [6, 6.07) is 14.4. The van der Waals surface area contributed by atoms with Gasteiger partial charge >= 0.3 is 0 Å². The van der Waals surface area contributed by atoms with Crippen LogP contribution in [0.5, 0.6) is 0 Å². The number of primary amides is 1. The first-order valence-corrected chi connectivity index (χ1v) is 8.04. The summed E-state index contributed by atoms with van der Waals surface area (Å²) in [5.41, 5.74) is 12.6. The van der Waals surface area contributed by atoms with E-state index in [4.69, 9.17) is 11.5 Å². The van der Waals surface area contributed by atoms with Crippen LogP contribution in [0.3, 0.4) is 0 Å². The molecule has 0 saturated heterocycles. The lowest BCUT2D eigenvalue weighted by Gasteiger charge is -2.21. The van der Waals surface area contributed by atoms with E-state index in [1.807, 2.05) is 30.3 Å². The Kier molecular flexibility index (Phi) is 6.62. The van der Waals surface area contributed by atoms with Gasteiger partial charge in [-0.3, -0.25) is 19.8 Å².